The second kappa shape index (κ2) is 19.7. The van der Waals surface area contributed by atoms with Crippen molar-refractivity contribution in [3.63, 3.8) is 0 Å². The second-order valence-electron chi connectivity index (χ2n) is 7.56. The average Bonchev–Trinajstić information content (AvgIpc) is 3.02. The maximum absolute atomic E-state index is 4.30. The van der Waals surface area contributed by atoms with Crippen molar-refractivity contribution in [1.82, 2.24) is 15.0 Å². The molecule has 3 aromatic carbocycles. The zero-order valence-electron chi connectivity index (χ0n) is 20.9. The number of pyridine rings is 3. The van der Waals surface area contributed by atoms with Gasteiger partial charge in [0.1, 0.15) is 0 Å². The van der Waals surface area contributed by atoms with Crippen molar-refractivity contribution < 1.29 is 20.1 Å². The van der Waals surface area contributed by atoms with Crippen molar-refractivity contribution in [3.8, 4) is 22.5 Å². The van der Waals surface area contributed by atoms with Crippen molar-refractivity contribution in [3.05, 3.63) is 173 Å². The fourth-order valence-electron chi connectivity index (χ4n) is 2.97. The number of benzene rings is 3. The van der Waals surface area contributed by atoms with Gasteiger partial charge in [-0.05, 0) is 68.3 Å². The Morgan fingerprint density at radius 1 is 0.462 bits per heavy atom. The molecule has 0 atom stereocenters. The average molecular weight is 817 g/mol. The molecule has 0 saturated carbocycles. The van der Waals surface area contributed by atoms with E-state index in [1.54, 1.807) is 12.4 Å². The molecule has 0 aliphatic heterocycles. The van der Waals surface area contributed by atoms with Crippen LogP contribution in [0.25, 0.3) is 22.5 Å². The quantitative estimate of drug-likeness (QED) is 0.164. The van der Waals surface area contributed by atoms with Crippen LogP contribution in [0.2, 0.25) is 0 Å². The Bertz CT molecular complexity index is 1220. The molecular formula is C33H26Br2IrN3-. The van der Waals surface area contributed by atoms with Gasteiger partial charge in [0.05, 0.1) is 11.4 Å². The normalized spacial score (nSPS) is 9.08. The van der Waals surface area contributed by atoms with Crippen LogP contribution in [-0.2, 0) is 20.1 Å². The van der Waals surface area contributed by atoms with Gasteiger partial charge in [-0.2, -0.15) is 36.4 Å². The van der Waals surface area contributed by atoms with Crippen LogP contribution in [0, 0.1) is 6.07 Å². The molecule has 3 nitrogen and oxygen atoms in total. The zero-order chi connectivity index (χ0) is 26.7. The van der Waals surface area contributed by atoms with E-state index < -0.39 is 0 Å². The summed E-state index contributed by atoms with van der Waals surface area (Å²) in [5.41, 5.74) is 4.30. The van der Waals surface area contributed by atoms with Crippen LogP contribution in [0.4, 0.5) is 0 Å². The molecular weight excluding hydrogens is 790 g/mol. The van der Waals surface area contributed by atoms with Gasteiger partial charge < -0.3 is 0 Å². The molecule has 0 saturated heterocycles. The van der Waals surface area contributed by atoms with E-state index in [0.29, 0.717) is 0 Å². The van der Waals surface area contributed by atoms with Gasteiger partial charge in [-0.3, -0.25) is 15.0 Å². The van der Waals surface area contributed by atoms with Gasteiger partial charge in [0.2, 0.25) is 0 Å². The molecule has 3 aromatic heterocycles. The summed E-state index contributed by atoms with van der Waals surface area (Å²) < 4.78 is 2.01. The van der Waals surface area contributed by atoms with Crippen LogP contribution in [0.3, 0.4) is 0 Å². The summed E-state index contributed by atoms with van der Waals surface area (Å²) >= 11 is 6.71. The van der Waals surface area contributed by atoms with E-state index in [1.165, 1.54) is 0 Å². The number of hydrogen-bond acceptors (Lipinski definition) is 3. The molecule has 0 spiro atoms. The number of rotatable bonds is 2. The van der Waals surface area contributed by atoms with Crippen LogP contribution in [0.5, 0.6) is 0 Å². The summed E-state index contributed by atoms with van der Waals surface area (Å²) in [6.45, 7) is 0. The van der Waals surface area contributed by atoms with E-state index in [4.69, 9.17) is 0 Å². The molecule has 0 unspecified atom stereocenters. The molecule has 0 aliphatic carbocycles. The van der Waals surface area contributed by atoms with Gasteiger partial charge in [-0.15, -0.1) is 0 Å². The summed E-state index contributed by atoms with van der Waals surface area (Å²) in [4.78, 5) is 12.4. The number of nitrogens with zero attached hydrogens (tertiary/aromatic N) is 3. The largest absolute Gasteiger partial charge is 0.265 e. The predicted molar refractivity (Wildman–Crippen MR) is 164 cm³/mol. The maximum Gasteiger partial charge on any atom is 0.0702 e. The third kappa shape index (κ3) is 13.4. The first-order chi connectivity index (χ1) is 18.7. The molecule has 39 heavy (non-hydrogen) atoms. The Morgan fingerprint density at radius 3 is 1.13 bits per heavy atom. The Labute approximate surface area is 261 Å². The van der Waals surface area contributed by atoms with E-state index >= 15 is 0 Å². The van der Waals surface area contributed by atoms with Crippen LogP contribution < -0.4 is 0 Å². The smallest absolute Gasteiger partial charge is 0.0702 e. The summed E-state index contributed by atoms with van der Waals surface area (Å²) in [6.07, 6.45) is 7.12. The molecule has 6 rings (SSSR count). The molecule has 0 amide bonds. The van der Waals surface area contributed by atoms with Crippen LogP contribution in [0.1, 0.15) is 0 Å². The molecule has 3 heterocycles. The first kappa shape index (κ1) is 31.9. The Balaban J connectivity index is 0.000000192. The summed E-state index contributed by atoms with van der Waals surface area (Å²) in [5.74, 6) is 0. The van der Waals surface area contributed by atoms with Crippen molar-refractivity contribution in [2.24, 2.45) is 0 Å². The third-order valence-electron chi connectivity index (χ3n) is 4.77. The van der Waals surface area contributed by atoms with Gasteiger partial charge in [0, 0.05) is 65.0 Å². The Morgan fingerprint density at radius 2 is 0.872 bits per heavy atom. The molecule has 197 valence electrons. The predicted octanol–water partition coefficient (Wildman–Crippen LogP) is 9.59. The summed E-state index contributed by atoms with van der Waals surface area (Å²) in [5, 5.41) is 0. The van der Waals surface area contributed by atoms with E-state index in [0.717, 1.165) is 31.5 Å². The topological polar surface area (TPSA) is 38.7 Å². The zero-order valence-corrected chi connectivity index (χ0v) is 26.5. The monoisotopic (exact) mass is 815 g/mol. The third-order valence-corrected chi connectivity index (χ3v) is 5.71. The van der Waals surface area contributed by atoms with Crippen LogP contribution in [-0.4, -0.2) is 15.0 Å². The summed E-state index contributed by atoms with van der Waals surface area (Å²) in [6, 6.07) is 46.5. The molecule has 0 bridgehead atoms. The number of halogens is 2. The van der Waals surface area contributed by atoms with E-state index in [2.05, 4.69) is 77.1 Å². The Hall–Kier alpha value is -3.28. The standard InChI is InChI=1S/2C11H8BrN.C6H5.C5H5N.Ir/c2*12-10-6-7-11(13-8-10)9-4-2-1-3-5-9;2*1-2-4-6-5-3-1;/h2*1-8H;2*1-5H;/q;;-1;;. The van der Waals surface area contributed by atoms with Gasteiger partial charge >= 0.3 is 0 Å². The van der Waals surface area contributed by atoms with Gasteiger partial charge in [-0.25, -0.2) is 0 Å². The van der Waals surface area contributed by atoms with Crippen LogP contribution >= 0.6 is 31.9 Å². The molecule has 0 aliphatic rings. The molecule has 0 fully saturated rings. The van der Waals surface area contributed by atoms with E-state index in [-0.39, 0.29) is 20.1 Å². The van der Waals surface area contributed by atoms with Crippen molar-refractivity contribution >= 4 is 31.9 Å². The Kier molecular flexibility index (Phi) is 16.2. The van der Waals surface area contributed by atoms with Crippen molar-refractivity contribution in [2.45, 2.75) is 0 Å². The maximum atomic E-state index is 4.30. The minimum absolute atomic E-state index is 0. The van der Waals surface area contributed by atoms with Gasteiger partial charge in [0.25, 0.3) is 0 Å². The second-order valence-corrected chi connectivity index (χ2v) is 9.39. The molecule has 6 heteroatoms. The first-order valence-corrected chi connectivity index (χ1v) is 13.4. The van der Waals surface area contributed by atoms with Crippen molar-refractivity contribution in [2.75, 3.05) is 0 Å². The van der Waals surface area contributed by atoms with Crippen LogP contribution in [0.15, 0.2) is 167 Å². The van der Waals surface area contributed by atoms with Gasteiger partial charge in [-0.1, -0.05) is 66.7 Å². The molecule has 6 aromatic rings. The number of hydrogen-bond donors (Lipinski definition) is 0. The van der Waals surface area contributed by atoms with E-state index in [9.17, 15) is 0 Å². The minimum atomic E-state index is 0. The number of aromatic nitrogens is 3. The van der Waals surface area contributed by atoms with E-state index in [1.807, 2.05) is 122 Å². The first-order valence-electron chi connectivity index (χ1n) is 11.8. The summed E-state index contributed by atoms with van der Waals surface area (Å²) in [7, 11) is 0. The molecule has 1 radical (unpaired) electrons. The molecule has 0 N–H and O–H groups in total. The SMILES string of the molecule is Brc1ccc(-c2ccccc2)nc1.Brc1ccc(-c2ccccc2)nc1.[Ir].[c-]1ccccc1.c1ccncc1. The fraction of sp³-hybridized carbons (Fsp3) is 0. The van der Waals surface area contributed by atoms with Gasteiger partial charge in [0.15, 0.2) is 0 Å². The van der Waals surface area contributed by atoms with Crippen molar-refractivity contribution in [1.29, 1.82) is 0 Å². The minimum Gasteiger partial charge on any atom is -0.265 e. The fourth-order valence-corrected chi connectivity index (χ4v) is 3.43.